The van der Waals surface area contributed by atoms with Gasteiger partial charge in [-0.05, 0) is 31.9 Å². The number of nitrogens with zero attached hydrogens (tertiary/aromatic N) is 2. The predicted octanol–water partition coefficient (Wildman–Crippen LogP) is 1.54. The molecule has 0 unspecified atom stereocenters. The second-order valence-corrected chi connectivity index (χ2v) is 4.79. The van der Waals surface area contributed by atoms with Crippen LogP contribution in [0, 0.1) is 13.8 Å². The molecule has 5 heteroatoms. The van der Waals surface area contributed by atoms with E-state index in [4.69, 9.17) is 23.1 Å². The van der Waals surface area contributed by atoms with Crippen LogP contribution < -0.4 is 10.6 Å². The van der Waals surface area contributed by atoms with Crippen LogP contribution in [0.4, 0.5) is 5.82 Å². The Morgan fingerprint density at radius 2 is 2.11 bits per heavy atom. The minimum Gasteiger partial charge on any atom is -0.395 e. The van der Waals surface area contributed by atoms with E-state index in [2.05, 4.69) is 11.9 Å². The Balaban J connectivity index is 3.29. The molecule has 0 spiro atoms. The molecule has 4 nitrogen and oxygen atoms in total. The van der Waals surface area contributed by atoms with Crippen LogP contribution in [0.1, 0.15) is 30.2 Å². The lowest BCUT2D eigenvalue weighted by Crippen LogP contribution is -2.31. The van der Waals surface area contributed by atoms with Gasteiger partial charge in [-0.2, -0.15) is 0 Å². The number of nitrogens with two attached hydrogens (primary N) is 1. The highest BCUT2D eigenvalue weighted by molar-refractivity contribution is 7.80. The normalized spacial score (nSPS) is 10.4. The van der Waals surface area contributed by atoms with E-state index in [1.54, 1.807) is 0 Å². The van der Waals surface area contributed by atoms with Gasteiger partial charge in [-0.1, -0.05) is 19.1 Å². The first-order valence-electron chi connectivity index (χ1n) is 6.15. The van der Waals surface area contributed by atoms with Gasteiger partial charge >= 0.3 is 0 Å². The highest BCUT2D eigenvalue weighted by atomic mass is 32.1. The van der Waals surface area contributed by atoms with Gasteiger partial charge in [0.05, 0.1) is 12.2 Å². The van der Waals surface area contributed by atoms with Crippen molar-refractivity contribution in [2.24, 2.45) is 5.73 Å². The van der Waals surface area contributed by atoms with Crippen LogP contribution in [-0.2, 0) is 0 Å². The summed E-state index contributed by atoms with van der Waals surface area (Å²) in [4.78, 5) is 6.93. The van der Waals surface area contributed by atoms with Crippen molar-refractivity contribution < 1.29 is 5.11 Å². The van der Waals surface area contributed by atoms with Crippen LogP contribution in [0.25, 0.3) is 0 Å². The van der Waals surface area contributed by atoms with Crippen molar-refractivity contribution in [1.82, 2.24) is 4.98 Å². The van der Waals surface area contributed by atoms with Crippen molar-refractivity contribution in [2.45, 2.75) is 27.2 Å². The Morgan fingerprint density at radius 1 is 1.44 bits per heavy atom. The fourth-order valence-corrected chi connectivity index (χ4v) is 2.32. The van der Waals surface area contributed by atoms with E-state index in [1.165, 1.54) is 0 Å². The molecule has 0 atom stereocenters. The molecule has 1 aromatic heterocycles. The average Bonchev–Trinajstić information content (AvgIpc) is 2.26. The Kier molecular flexibility index (Phi) is 5.50. The number of pyridine rings is 1. The van der Waals surface area contributed by atoms with Crippen molar-refractivity contribution >= 4 is 23.0 Å². The standard InChI is InChI=1S/C13H21N3OS/c1-4-5-16(6-7-17)13-11(12(14)18)9(2)8-10(3)15-13/h8,17H,4-7H2,1-3H3,(H2,14,18). The predicted molar refractivity (Wildman–Crippen MR) is 79.2 cm³/mol. The van der Waals surface area contributed by atoms with E-state index in [0.717, 1.165) is 35.6 Å². The van der Waals surface area contributed by atoms with E-state index < -0.39 is 0 Å². The molecule has 1 heterocycles. The molecule has 0 saturated carbocycles. The first-order valence-corrected chi connectivity index (χ1v) is 6.56. The SMILES string of the molecule is CCCN(CCO)c1nc(C)cc(C)c1C(N)=S. The third kappa shape index (κ3) is 3.40. The highest BCUT2D eigenvalue weighted by Gasteiger charge is 2.16. The average molecular weight is 267 g/mol. The summed E-state index contributed by atoms with van der Waals surface area (Å²) in [5.41, 5.74) is 8.58. The van der Waals surface area contributed by atoms with Gasteiger partial charge in [-0.25, -0.2) is 4.98 Å². The number of aliphatic hydroxyl groups is 1. The topological polar surface area (TPSA) is 62.4 Å². The van der Waals surface area contributed by atoms with Crippen LogP contribution in [-0.4, -0.2) is 34.8 Å². The fourth-order valence-electron chi connectivity index (χ4n) is 2.06. The molecule has 0 radical (unpaired) electrons. The van der Waals surface area contributed by atoms with Crippen LogP contribution >= 0.6 is 12.2 Å². The van der Waals surface area contributed by atoms with Gasteiger partial charge in [0.1, 0.15) is 10.8 Å². The van der Waals surface area contributed by atoms with Gasteiger partial charge < -0.3 is 15.7 Å². The number of aliphatic hydroxyl groups excluding tert-OH is 1. The number of hydrogen-bond acceptors (Lipinski definition) is 4. The summed E-state index contributed by atoms with van der Waals surface area (Å²) in [6.07, 6.45) is 0.978. The number of hydrogen-bond donors (Lipinski definition) is 2. The van der Waals surface area contributed by atoms with Crippen molar-refractivity contribution in [3.63, 3.8) is 0 Å². The third-order valence-electron chi connectivity index (χ3n) is 2.73. The molecule has 1 rings (SSSR count). The summed E-state index contributed by atoms with van der Waals surface area (Å²) in [5.74, 6) is 0.788. The monoisotopic (exact) mass is 267 g/mol. The smallest absolute Gasteiger partial charge is 0.139 e. The van der Waals surface area contributed by atoms with Crippen LogP contribution in [0.15, 0.2) is 6.07 Å². The minimum absolute atomic E-state index is 0.0887. The number of anilines is 1. The Labute approximate surface area is 114 Å². The fraction of sp³-hybridized carbons (Fsp3) is 0.538. The number of aromatic nitrogens is 1. The van der Waals surface area contributed by atoms with Crippen molar-refractivity contribution in [2.75, 3.05) is 24.6 Å². The lowest BCUT2D eigenvalue weighted by Gasteiger charge is -2.25. The Bertz CT molecular complexity index is 428. The zero-order valence-corrected chi connectivity index (χ0v) is 12.0. The molecule has 0 saturated heterocycles. The molecule has 0 aliphatic rings. The van der Waals surface area contributed by atoms with E-state index in [0.29, 0.717) is 11.5 Å². The summed E-state index contributed by atoms with van der Waals surface area (Å²) >= 11 is 5.12. The molecule has 0 aliphatic heterocycles. The molecule has 0 aliphatic carbocycles. The number of thiocarbonyl (C=S) groups is 1. The van der Waals surface area contributed by atoms with Gasteiger partial charge in [-0.15, -0.1) is 0 Å². The molecule has 1 aromatic rings. The van der Waals surface area contributed by atoms with Crippen LogP contribution in [0.5, 0.6) is 0 Å². The highest BCUT2D eigenvalue weighted by Crippen LogP contribution is 2.22. The van der Waals surface area contributed by atoms with Gasteiger partial charge in [0, 0.05) is 18.8 Å². The van der Waals surface area contributed by atoms with Crippen molar-refractivity contribution in [3.8, 4) is 0 Å². The summed E-state index contributed by atoms with van der Waals surface area (Å²) in [6.45, 7) is 7.48. The van der Waals surface area contributed by atoms with E-state index >= 15 is 0 Å². The third-order valence-corrected chi connectivity index (χ3v) is 2.94. The molecule has 0 amide bonds. The van der Waals surface area contributed by atoms with Gasteiger partial charge in [0.2, 0.25) is 0 Å². The number of aryl methyl sites for hydroxylation is 2. The quantitative estimate of drug-likeness (QED) is 0.766. The Morgan fingerprint density at radius 3 is 2.61 bits per heavy atom. The zero-order valence-electron chi connectivity index (χ0n) is 11.2. The second kappa shape index (κ2) is 6.66. The lowest BCUT2D eigenvalue weighted by atomic mass is 10.1. The van der Waals surface area contributed by atoms with E-state index in [9.17, 15) is 0 Å². The molecular weight excluding hydrogens is 246 g/mol. The minimum atomic E-state index is 0.0887. The van der Waals surface area contributed by atoms with Crippen LogP contribution in [0.3, 0.4) is 0 Å². The number of rotatable bonds is 6. The molecule has 18 heavy (non-hydrogen) atoms. The maximum Gasteiger partial charge on any atom is 0.139 e. The van der Waals surface area contributed by atoms with Gasteiger partial charge in [-0.3, -0.25) is 0 Å². The molecule has 0 fully saturated rings. The van der Waals surface area contributed by atoms with Gasteiger partial charge in [0.15, 0.2) is 0 Å². The molecule has 0 aromatic carbocycles. The maximum absolute atomic E-state index is 9.16. The van der Waals surface area contributed by atoms with Gasteiger partial charge in [0.25, 0.3) is 0 Å². The first-order chi connectivity index (χ1) is 8.51. The Hall–Kier alpha value is -1.20. The van der Waals surface area contributed by atoms with E-state index in [-0.39, 0.29) is 6.61 Å². The van der Waals surface area contributed by atoms with E-state index in [1.807, 2.05) is 24.8 Å². The molecule has 3 N–H and O–H groups in total. The summed E-state index contributed by atoms with van der Waals surface area (Å²) in [7, 11) is 0. The lowest BCUT2D eigenvalue weighted by molar-refractivity contribution is 0.301. The summed E-state index contributed by atoms with van der Waals surface area (Å²) in [5, 5.41) is 9.16. The largest absolute Gasteiger partial charge is 0.395 e. The van der Waals surface area contributed by atoms with Crippen molar-refractivity contribution in [3.05, 3.63) is 22.9 Å². The molecule has 100 valence electrons. The van der Waals surface area contributed by atoms with Crippen LogP contribution in [0.2, 0.25) is 0 Å². The molecule has 0 bridgehead atoms. The maximum atomic E-state index is 9.16. The van der Waals surface area contributed by atoms with Crippen molar-refractivity contribution in [1.29, 1.82) is 0 Å². The second-order valence-electron chi connectivity index (χ2n) is 4.35. The summed E-state index contributed by atoms with van der Waals surface area (Å²) < 4.78 is 0. The summed E-state index contributed by atoms with van der Waals surface area (Å²) in [6, 6.07) is 1.97. The first kappa shape index (κ1) is 14.9. The zero-order chi connectivity index (χ0) is 13.7. The molecular formula is C13H21N3OS.